The van der Waals surface area contributed by atoms with Gasteiger partial charge in [0, 0.05) is 23.6 Å². The quantitative estimate of drug-likeness (QED) is 0.236. The van der Waals surface area contributed by atoms with E-state index in [9.17, 15) is 4.79 Å². The van der Waals surface area contributed by atoms with E-state index in [-0.39, 0.29) is 5.56 Å². The minimum absolute atomic E-state index is 0.0205. The standard InChI is InChI=1S/C20H19N3OS2/c1-2-12-23-19(24)16-14-17(15-9-5-3-6-10-15)26-18(16)22-20(23)25-13-8-4-7-11-21/h2-3,5-6,9-10,14H,1,4,7-8,12-13H2. The zero-order valence-corrected chi connectivity index (χ0v) is 16.0. The predicted octanol–water partition coefficient (Wildman–Crippen LogP) is 5.10. The number of unbranched alkanes of at least 4 members (excludes halogenated alkanes) is 2. The van der Waals surface area contributed by atoms with Crippen molar-refractivity contribution >= 4 is 33.3 Å². The van der Waals surface area contributed by atoms with E-state index in [4.69, 9.17) is 10.2 Å². The summed E-state index contributed by atoms with van der Waals surface area (Å²) in [7, 11) is 0. The molecular formula is C20H19N3OS2. The number of nitriles is 1. The number of benzene rings is 1. The summed E-state index contributed by atoms with van der Waals surface area (Å²) in [6, 6.07) is 14.1. The Morgan fingerprint density at radius 1 is 1.31 bits per heavy atom. The largest absolute Gasteiger partial charge is 0.283 e. The van der Waals surface area contributed by atoms with Crippen molar-refractivity contribution in [2.45, 2.75) is 31.0 Å². The molecule has 0 fully saturated rings. The summed E-state index contributed by atoms with van der Waals surface area (Å²) in [6.45, 7) is 4.20. The Kier molecular flexibility index (Phi) is 6.26. The van der Waals surface area contributed by atoms with Crippen LogP contribution in [0.5, 0.6) is 0 Å². The lowest BCUT2D eigenvalue weighted by atomic mass is 10.2. The highest BCUT2D eigenvalue weighted by atomic mass is 32.2. The number of allylic oxidation sites excluding steroid dienone is 1. The second-order valence-electron chi connectivity index (χ2n) is 5.76. The molecule has 26 heavy (non-hydrogen) atoms. The van der Waals surface area contributed by atoms with E-state index < -0.39 is 0 Å². The Morgan fingerprint density at radius 2 is 2.12 bits per heavy atom. The molecule has 132 valence electrons. The van der Waals surface area contributed by atoms with Crippen molar-refractivity contribution in [3.05, 3.63) is 59.4 Å². The lowest BCUT2D eigenvalue weighted by molar-refractivity contribution is 0.672. The van der Waals surface area contributed by atoms with Gasteiger partial charge in [-0.2, -0.15) is 5.26 Å². The van der Waals surface area contributed by atoms with Crippen molar-refractivity contribution in [1.29, 1.82) is 5.26 Å². The summed E-state index contributed by atoms with van der Waals surface area (Å²) < 4.78 is 1.69. The average Bonchev–Trinajstić information content (AvgIpc) is 3.09. The van der Waals surface area contributed by atoms with Gasteiger partial charge in [0.2, 0.25) is 0 Å². The van der Waals surface area contributed by atoms with Crippen molar-refractivity contribution in [3.63, 3.8) is 0 Å². The van der Waals surface area contributed by atoms with Gasteiger partial charge >= 0.3 is 0 Å². The molecule has 0 saturated heterocycles. The third kappa shape index (κ3) is 4.06. The second kappa shape index (κ2) is 8.84. The van der Waals surface area contributed by atoms with Crippen LogP contribution in [-0.4, -0.2) is 15.3 Å². The fourth-order valence-corrected chi connectivity index (χ4v) is 4.70. The molecule has 0 bridgehead atoms. The predicted molar refractivity (Wildman–Crippen MR) is 110 cm³/mol. The van der Waals surface area contributed by atoms with Crippen molar-refractivity contribution in [2.24, 2.45) is 0 Å². The number of aromatic nitrogens is 2. The molecule has 0 aliphatic rings. The molecular weight excluding hydrogens is 362 g/mol. The molecule has 0 saturated carbocycles. The van der Waals surface area contributed by atoms with Gasteiger partial charge in [0.25, 0.3) is 5.56 Å². The van der Waals surface area contributed by atoms with E-state index >= 15 is 0 Å². The molecule has 0 atom stereocenters. The minimum atomic E-state index is -0.0205. The van der Waals surface area contributed by atoms with E-state index in [1.54, 1.807) is 33.7 Å². The minimum Gasteiger partial charge on any atom is -0.283 e. The number of nitrogens with zero attached hydrogens (tertiary/aromatic N) is 3. The van der Waals surface area contributed by atoms with E-state index in [0.717, 1.165) is 39.0 Å². The van der Waals surface area contributed by atoms with Crippen LogP contribution in [0, 0.1) is 11.3 Å². The van der Waals surface area contributed by atoms with Crippen LogP contribution in [0.2, 0.25) is 0 Å². The van der Waals surface area contributed by atoms with Crippen LogP contribution in [-0.2, 0) is 6.54 Å². The van der Waals surface area contributed by atoms with Gasteiger partial charge in [0.1, 0.15) is 4.83 Å². The number of fused-ring (bicyclic) bond motifs is 1. The smallest absolute Gasteiger partial charge is 0.263 e. The van der Waals surface area contributed by atoms with Gasteiger partial charge in [0.15, 0.2) is 5.16 Å². The summed E-state index contributed by atoms with van der Waals surface area (Å²) >= 11 is 3.12. The molecule has 1 aromatic carbocycles. The van der Waals surface area contributed by atoms with Crippen LogP contribution < -0.4 is 5.56 Å². The molecule has 0 radical (unpaired) electrons. The lowest BCUT2D eigenvalue weighted by Crippen LogP contribution is -2.22. The number of hydrogen-bond acceptors (Lipinski definition) is 5. The fourth-order valence-electron chi connectivity index (χ4n) is 2.61. The third-order valence-corrected chi connectivity index (χ3v) is 6.04. The summed E-state index contributed by atoms with van der Waals surface area (Å²) in [5.41, 5.74) is 1.07. The summed E-state index contributed by atoms with van der Waals surface area (Å²) in [5.74, 6) is 0.841. The van der Waals surface area contributed by atoms with E-state index in [1.807, 2.05) is 36.4 Å². The summed E-state index contributed by atoms with van der Waals surface area (Å²) in [6.07, 6.45) is 4.09. The van der Waals surface area contributed by atoms with E-state index in [1.165, 1.54) is 0 Å². The molecule has 0 aliphatic heterocycles. The monoisotopic (exact) mass is 381 g/mol. The highest BCUT2D eigenvalue weighted by Crippen LogP contribution is 2.32. The Bertz CT molecular complexity index is 1000. The average molecular weight is 382 g/mol. The molecule has 0 amide bonds. The second-order valence-corrected chi connectivity index (χ2v) is 7.85. The number of thioether (sulfide) groups is 1. The molecule has 4 nitrogen and oxygen atoms in total. The third-order valence-electron chi connectivity index (χ3n) is 3.90. The molecule has 2 aromatic heterocycles. The first-order valence-corrected chi connectivity index (χ1v) is 10.2. The highest BCUT2D eigenvalue weighted by molar-refractivity contribution is 7.99. The topological polar surface area (TPSA) is 58.7 Å². The van der Waals surface area contributed by atoms with Crippen molar-refractivity contribution in [3.8, 4) is 16.5 Å². The molecule has 0 unspecified atom stereocenters. The molecule has 0 aliphatic carbocycles. The maximum absolute atomic E-state index is 12.9. The van der Waals surface area contributed by atoms with Crippen LogP contribution >= 0.6 is 23.1 Å². The lowest BCUT2D eigenvalue weighted by Gasteiger charge is -2.09. The van der Waals surface area contributed by atoms with Crippen LogP contribution in [0.15, 0.2) is 59.0 Å². The normalized spacial score (nSPS) is 10.7. The zero-order valence-electron chi connectivity index (χ0n) is 14.4. The van der Waals surface area contributed by atoms with Crippen LogP contribution in [0.25, 0.3) is 20.7 Å². The van der Waals surface area contributed by atoms with Gasteiger partial charge in [0.05, 0.1) is 11.5 Å². The molecule has 6 heteroatoms. The Labute approximate surface area is 160 Å². The maximum Gasteiger partial charge on any atom is 0.263 e. The van der Waals surface area contributed by atoms with Crippen molar-refractivity contribution in [1.82, 2.24) is 9.55 Å². The van der Waals surface area contributed by atoms with Gasteiger partial charge in [-0.15, -0.1) is 17.9 Å². The molecule has 0 N–H and O–H groups in total. The number of hydrogen-bond donors (Lipinski definition) is 0. The molecule has 0 spiro atoms. The van der Waals surface area contributed by atoms with E-state index in [0.29, 0.717) is 18.4 Å². The van der Waals surface area contributed by atoms with Crippen molar-refractivity contribution in [2.75, 3.05) is 5.75 Å². The first-order valence-electron chi connectivity index (χ1n) is 8.45. The molecule has 3 rings (SSSR count). The Balaban J connectivity index is 1.96. The van der Waals surface area contributed by atoms with Gasteiger partial charge in [-0.25, -0.2) is 4.98 Å². The Hall–Kier alpha value is -2.36. The SMILES string of the molecule is C=CCn1c(SCCCCC#N)nc2sc(-c3ccccc3)cc2c1=O. The highest BCUT2D eigenvalue weighted by Gasteiger charge is 2.14. The van der Waals surface area contributed by atoms with Crippen LogP contribution in [0.4, 0.5) is 0 Å². The van der Waals surface area contributed by atoms with Gasteiger partial charge in [-0.3, -0.25) is 9.36 Å². The zero-order chi connectivity index (χ0) is 18.4. The van der Waals surface area contributed by atoms with Crippen LogP contribution in [0.1, 0.15) is 19.3 Å². The van der Waals surface area contributed by atoms with E-state index in [2.05, 4.69) is 12.6 Å². The Morgan fingerprint density at radius 3 is 2.85 bits per heavy atom. The first kappa shape index (κ1) is 18.4. The maximum atomic E-state index is 12.9. The van der Waals surface area contributed by atoms with Gasteiger partial charge < -0.3 is 0 Å². The summed E-state index contributed by atoms with van der Waals surface area (Å²) in [4.78, 5) is 19.5. The molecule has 3 aromatic rings. The first-order chi connectivity index (χ1) is 12.7. The van der Waals surface area contributed by atoms with Gasteiger partial charge in [-0.05, 0) is 24.5 Å². The number of rotatable bonds is 8. The number of thiophene rings is 1. The molecule has 2 heterocycles. The van der Waals surface area contributed by atoms with Crippen LogP contribution in [0.3, 0.4) is 0 Å². The fraction of sp³-hybridized carbons (Fsp3) is 0.250. The van der Waals surface area contributed by atoms with Gasteiger partial charge in [-0.1, -0.05) is 48.2 Å². The summed E-state index contributed by atoms with van der Waals surface area (Å²) in [5, 5.41) is 10.0. The van der Waals surface area contributed by atoms with Crippen molar-refractivity contribution < 1.29 is 0 Å².